The molecule has 13 N–H and O–H groups in total. The third-order valence-electron chi connectivity index (χ3n) is 12.7. The van der Waals surface area contributed by atoms with Crippen LogP contribution in [0.15, 0.2) is 24.3 Å². The molecule has 398 valence electrons. The Bertz CT molecular complexity index is 1150. The number of rotatable bonds is 52. The van der Waals surface area contributed by atoms with Crippen molar-refractivity contribution in [1.29, 1.82) is 0 Å². The van der Waals surface area contributed by atoms with Crippen LogP contribution in [0, 0.1) is 5.92 Å². The lowest BCUT2D eigenvalue weighted by Crippen LogP contribution is -2.68. The van der Waals surface area contributed by atoms with Crippen LogP contribution < -0.4 is 28.3 Å². The van der Waals surface area contributed by atoms with E-state index in [-0.39, 0.29) is 35.9 Å². The predicted octanol–water partition coefficient (Wildman–Crippen LogP) is 9.63. The van der Waals surface area contributed by atoms with E-state index in [4.69, 9.17) is 9.47 Å². The molecule has 0 saturated heterocycles. The van der Waals surface area contributed by atoms with Gasteiger partial charge in [0, 0.05) is 30.8 Å². The highest BCUT2D eigenvalue weighted by Crippen LogP contribution is 2.28. The quantitative estimate of drug-likeness (QED) is 0.0171. The average Bonchev–Trinajstić information content (AvgIpc) is 3.33. The van der Waals surface area contributed by atoms with Gasteiger partial charge in [0.1, 0.15) is 12.1 Å². The van der Waals surface area contributed by atoms with E-state index in [1.54, 1.807) is 0 Å². The van der Waals surface area contributed by atoms with Gasteiger partial charge >= 0.3 is 11.9 Å². The van der Waals surface area contributed by atoms with E-state index in [0.29, 0.717) is 31.8 Å². The Hall–Kier alpha value is -1.90. The molecule has 0 spiro atoms. The van der Waals surface area contributed by atoms with Crippen LogP contribution in [0.3, 0.4) is 0 Å². The molecule has 0 saturated carbocycles. The summed E-state index contributed by atoms with van der Waals surface area (Å²) >= 11 is 0. The topological polar surface area (TPSA) is 209 Å². The Morgan fingerprint density at radius 3 is 1.29 bits per heavy atom. The van der Waals surface area contributed by atoms with E-state index in [1.165, 1.54) is 150 Å². The number of unbranched alkanes of at least 4 members (excludes halogenated alkanes) is 26. The molecular weight excluding hydrogens is 891 g/mol. The number of ketones is 1. The molecule has 0 aliphatic carbocycles. The van der Waals surface area contributed by atoms with Crippen molar-refractivity contribution in [2.24, 2.45) is 5.92 Å². The molecule has 0 fully saturated rings. The number of esters is 2. The fourth-order valence-electron chi connectivity index (χ4n) is 8.01. The summed E-state index contributed by atoms with van der Waals surface area (Å²) in [5, 5.41) is 2.91. The number of hydrogen-bond acceptors (Lipinski definition) is 8. The van der Waals surface area contributed by atoms with Gasteiger partial charge in [-0.2, -0.15) is 0 Å². The van der Waals surface area contributed by atoms with Crippen LogP contribution >= 0.6 is 21.6 Å². The number of carbonyl (C=O) groups is 4. The maximum Gasteiger partial charge on any atom is 0.329 e. The van der Waals surface area contributed by atoms with Gasteiger partial charge in [-0.3, -0.25) is 14.4 Å². The largest absolute Gasteiger partial charge is 0.465 e. The number of quaternary nitrogens is 4. The fraction of sp³-hybridized carbons (Fsp3) is 0.855. The maximum absolute atomic E-state index is 13.4. The van der Waals surface area contributed by atoms with Crippen LogP contribution in [0.5, 0.6) is 0 Å². The van der Waals surface area contributed by atoms with Crippen LogP contribution in [-0.2, 0) is 28.7 Å². The molecule has 0 rings (SSSR count). The first-order chi connectivity index (χ1) is 33.2. The minimum Gasteiger partial charge on any atom is -0.465 e. The summed E-state index contributed by atoms with van der Waals surface area (Å²) in [6, 6.07) is -1.70. The number of Topliss-reactive ketones (excluding diaryl/α,β-unsaturated/α-hetero) is 1. The molecule has 68 heavy (non-hydrogen) atoms. The molecule has 1 amide bonds. The second kappa shape index (κ2) is 51.5. The third kappa shape index (κ3) is 42.9. The first-order valence-corrected chi connectivity index (χ1v) is 30.7. The zero-order chi connectivity index (χ0) is 50.0. The molecule has 4 atom stereocenters. The van der Waals surface area contributed by atoms with Crippen molar-refractivity contribution in [2.75, 3.05) is 37.8 Å². The monoisotopic (exact) mass is 1000 g/mol. The highest BCUT2D eigenvalue weighted by Gasteiger charge is 2.30. The SMILES string of the molecule is CCCCCCCC/C=C\CCCCCCCCOC(=O)C(CSSCC(NC(=O)C([NH3+])CCCC[NH3+])C(=O)OCCCCCCCC/C=C\CCCCCCCC)CC(=O)C([NH3+])CCCC[NH3+]. The second-order valence-electron chi connectivity index (χ2n) is 19.3. The molecule has 0 aromatic rings. The molecule has 13 heteroatoms. The molecule has 0 aromatic carbocycles. The summed E-state index contributed by atoms with van der Waals surface area (Å²) in [4.78, 5) is 53.3. The van der Waals surface area contributed by atoms with Crippen molar-refractivity contribution in [3.63, 3.8) is 0 Å². The fourth-order valence-corrected chi connectivity index (χ4v) is 10.5. The van der Waals surface area contributed by atoms with E-state index in [9.17, 15) is 19.2 Å². The van der Waals surface area contributed by atoms with Crippen LogP contribution in [0.25, 0.3) is 0 Å². The Morgan fingerprint density at radius 2 is 0.853 bits per heavy atom. The summed E-state index contributed by atoms with van der Waals surface area (Å²) in [5.74, 6) is -1.10. The van der Waals surface area contributed by atoms with Gasteiger partial charge in [-0.15, -0.1) is 0 Å². The Labute approximate surface area is 424 Å². The number of amides is 1. The van der Waals surface area contributed by atoms with Gasteiger partial charge < -0.3 is 37.7 Å². The van der Waals surface area contributed by atoms with Crippen LogP contribution in [0.1, 0.15) is 239 Å². The third-order valence-corrected chi connectivity index (χ3v) is 15.2. The first kappa shape index (κ1) is 66.1. The number of nitrogens with one attached hydrogen (secondary N) is 1. The average molecular weight is 1000 g/mol. The molecule has 11 nitrogen and oxygen atoms in total. The number of ether oxygens (including phenoxy) is 2. The Balaban J connectivity index is 4.95. The second-order valence-corrected chi connectivity index (χ2v) is 21.9. The van der Waals surface area contributed by atoms with Gasteiger partial charge in [-0.25, -0.2) is 4.79 Å². The highest BCUT2D eigenvalue weighted by molar-refractivity contribution is 8.76. The summed E-state index contributed by atoms with van der Waals surface area (Å²) < 4.78 is 11.5. The van der Waals surface area contributed by atoms with Gasteiger partial charge in [0.2, 0.25) is 0 Å². The summed E-state index contributed by atoms with van der Waals surface area (Å²) in [6.07, 6.45) is 48.2. The molecule has 0 aliphatic heterocycles. The lowest BCUT2D eigenvalue weighted by atomic mass is 9.97. The number of allylic oxidation sites excluding steroid dienone is 4. The molecule has 0 bridgehead atoms. The summed E-state index contributed by atoms with van der Waals surface area (Å²) in [5.41, 5.74) is 16.0. The van der Waals surface area contributed by atoms with E-state index >= 15 is 0 Å². The van der Waals surface area contributed by atoms with E-state index < -0.39 is 24.0 Å². The van der Waals surface area contributed by atoms with Crippen molar-refractivity contribution in [2.45, 2.75) is 257 Å². The normalized spacial score (nSPS) is 13.5. The zero-order valence-electron chi connectivity index (χ0n) is 44.2. The van der Waals surface area contributed by atoms with Crippen molar-refractivity contribution in [3.05, 3.63) is 24.3 Å². The zero-order valence-corrected chi connectivity index (χ0v) is 45.8. The molecule has 0 aliphatic rings. The Kier molecular flexibility index (Phi) is 50.0. The predicted molar refractivity (Wildman–Crippen MR) is 287 cm³/mol. The highest BCUT2D eigenvalue weighted by atomic mass is 33.1. The van der Waals surface area contributed by atoms with Gasteiger partial charge in [0.15, 0.2) is 11.8 Å². The van der Waals surface area contributed by atoms with Crippen molar-refractivity contribution < 1.29 is 51.6 Å². The van der Waals surface area contributed by atoms with Gasteiger partial charge in [-0.1, -0.05) is 175 Å². The number of carbonyl (C=O) groups excluding carboxylic acids is 4. The maximum atomic E-state index is 13.4. The smallest absolute Gasteiger partial charge is 0.329 e. The van der Waals surface area contributed by atoms with E-state index in [0.717, 1.165) is 90.1 Å². The van der Waals surface area contributed by atoms with Crippen molar-refractivity contribution in [3.8, 4) is 0 Å². The summed E-state index contributed by atoms with van der Waals surface area (Å²) in [6.45, 7) is 6.80. The van der Waals surface area contributed by atoms with Gasteiger partial charge in [0.25, 0.3) is 5.91 Å². The van der Waals surface area contributed by atoms with Gasteiger partial charge in [-0.05, 0) is 89.9 Å². The lowest BCUT2D eigenvalue weighted by molar-refractivity contribution is -0.406. The minimum atomic E-state index is -0.845. The van der Waals surface area contributed by atoms with Crippen molar-refractivity contribution >= 4 is 45.2 Å². The standard InChI is InChI=1S/C55H105N5O6S2/c1-3-5-7-9-11-13-15-17-19-21-23-25-27-29-31-37-43-65-54(63)48(45-52(61)49(58)39-33-35-41-56)46-67-68-47-51(60-53(62)50(59)40-34-36-42-57)55(64)66-44-38-32-30-28-26-24-22-20-18-16-14-12-10-8-6-4-2/h17-20,48-51H,3-16,21-47,56-59H2,1-2H3,(H,60,62)/p+4/b19-17-,20-18-. The van der Waals surface area contributed by atoms with Crippen LogP contribution in [0.4, 0.5) is 0 Å². The molecular formula is C55H109N5O6S2+4. The van der Waals surface area contributed by atoms with Crippen LogP contribution in [0.2, 0.25) is 0 Å². The van der Waals surface area contributed by atoms with Gasteiger partial charge in [0.05, 0.1) is 32.2 Å². The Morgan fingerprint density at radius 1 is 0.471 bits per heavy atom. The molecule has 4 unspecified atom stereocenters. The minimum absolute atomic E-state index is 0.0286. The van der Waals surface area contributed by atoms with E-state index in [1.807, 2.05) is 0 Å². The molecule has 0 heterocycles. The lowest BCUT2D eigenvalue weighted by Gasteiger charge is -2.19. The van der Waals surface area contributed by atoms with Crippen molar-refractivity contribution in [1.82, 2.24) is 5.32 Å². The first-order valence-electron chi connectivity index (χ1n) is 28.2. The van der Waals surface area contributed by atoms with Crippen LogP contribution in [-0.4, -0.2) is 79.6 Å². The van der Waals surface area contributed by atoms with E-state index in [2.05, 4.69) is 66.4 Å². The molecule has 0 aromatic heterocycles. The number of hydrogen-bond donors (Lipinski definition) is 5. The molecule has 0 radical (unpaired) electrons. The summed E-state index contributed by atoms with van der Waals surface area (Å²) in [7, 11) is 2.82.